The van der Waals surface area contributed by atoms with Crippen molar-refractivity contribution in [3.05, 3.63) is 52.8 Å². The van der Waals surface area contributed by atoms with Gasteiger partial charge in [-0.1, -0.05) is 25.0 Å². The Labute approximate surface area is 161 Å². The van der Waals surface area contributed by atoms with E-state index >= 15 is 0 Å². The van der Waals surface area contributed by atoms with Crippen molar-refractivity contribution in [2.24, 2.45) is 0 Å². The first kappa shape index (κ1) is 21.9. The summed E-state index contributed by atoms with van der Waals surface area (Å²) in [7, 11) is 0. The van der Waals surface area contributed by atoms with Gasteiger partial charge in [-0.2, -0.15) is 5.26 Å². The van der Waals surface area contributed by atoms with Crippen molar-refractivity contribution >= 4 is 11.7 Å². The first-order chi connectivity index (χ1) is 13.1. The number of nitrogens with zero attached hydrogens (tertiary/aromatic N) is 2. The van der Waals surface area contributed by atoms with Crippen LogP contribution in [-0.4, -0.2) is 29.3 Å². The lowest BCUT2D eigenvalue weighted by Gasteiger charge is -2.24. The molecule has 1 saturated heterocycles. The predicted octanol–water partition coefficient (Wildman–Crippen LogP) is 4.20. The molecule has 0 atom stereocenters. The smallest absolute Gasteiger partial charge is 0.339 e. The second-order valence-electron chi connectivity index (χ2n) is 6.17. The van der Waals surface area contributed by atoms with Crippen LogP contribution < -0.4 is 4.90 Å². The highest BCUT2D eigenvalue weighted by Crippen LogP contribution is 2.25. The number of rotatable bonds is 5. The van der Waals surface area contributed by atoms with Gasteiger partial charge >= 0.3 is 5.97 Å². The molecule has 0 spiro atoms. The molecule has 1 aromatic carbocycles. The SMILES string of the molecule is C#C.C/C=C(O)\C(=C/Cc1ccc(N2CCCCCC2)c(C#N)c1)C(=O)O. The molecule has 2 N–H and O–H groups in total. The average molecular weight is 366 g/mol. The van der Waals surface area contributed by atoms with Crippen molar-refractivity contribution in [3.8, 4) is 18.9 Å². The van der Waals surface area contributed by atoms with Crippen LogP contribution in [0.2, 0.25) is 0 Å². The van der Waals surface area contributed by atoms with Gasteiger partial charge in [0.2, 0.25) is 0 Å². The van der Waals surface area contributed by atoms with Crippen molar-refractivity contribution in [1.29, 1.82) is 5.26 Å². The molecular formula is C22H26N2O3. The number of carboxylic acids is 1. The lowest BCUT2D eigenvalue weighted by Crippen LogP contribution is -2.24. The van der Waals surface area contributed by atoms with E-state index in [1.165, 1.54) is 25.0 Å². The van der Waals surface area contributed by atoms with Crippen LogP contribution in [0.3, 0.4) is 0 Å². The maximum absolute atomic E-state index is 11.2. The van der Waals surface area contributed by atoms with E-state index in [4.69, 9.17) is 5.11 Å². The third kappa shape index (κ3) is 6.24. The van der Waals surface area contributed by atoms with E-state index < -0.39 is 5.97 Å². The molecule has 1 aliphatic heterocycles. The fourth-order valence-corrected chi connectivity index (χ4v) is 3.06. The summed E-state index contributed by atoms with van der Waals surface area (Å²) in [4.78, 5) is 13.5. The molecule has 5 nitrogen and oxygen atoms in total. The van der Waals surface area contributed by atoms with Gasteiger partial charge in [-0.3, -0.25) is 0 Å². The van der Waals surface area contributed by atoms with Crippen molar-refractivity contribution in [2.45, 2.75) is 39.0 Å². The number of hydrogen-bond acceptors (Lipinski definition) is 4. The van der Waals surface area contributed by atoms with E-state index in [1.807, 2.05) is 18.2 Å². The largest absolute Gasteiger partial charge is 0.507 e. The number of aliphatic carboxylic acids is 1. The molecule has 142 valence electrons. The van der Waals surface area contributed by atoms with Gasteiger partial charge in [0.15, 0.2) is 0 Å². The standard InChI is InChI=1S/C20H24N2O3.C2H2/c1-2-19(23)17(20(24)25)9-7-15-8-10-18(16(13-15)14-21)22-11-5-3-4-6-12-22;1-2/h2,8-10,13,23H,3-7,11-12H2,1H3,(H,24,25);1-2H/b17-9+,19-2+;. The Morgan fingerprint density at radius 2 is 1.85 bits per heavy atom. The Morgan fingerprint density at radius 1 is 1.22 bits per heavy atom. The molecule has 2 rings (SSSR count). The van der Waals surface area contributed by atoms with E-state index in [2.05, 4.69) is 23.8 Å². The maximum Gasteiger partial charge on any atom is 0.339 e. The molecule has 0 radical (unpaired) electrons. The molecule has 0 saturated carbocycles. The second kappa shape index (κ2) is 11.4. The topological polar surface area (TPSA) is 84.6 Å². The molecule has 27 heavy (non-hydrogen) atoms. The normalized spacial score (nSPS) is 15.1. The number of allylic oxidation sites excluding steroid dienone is 2. The number of nitriles is 1. The highest BCUT2D eigenvalue weighted by molar-refractivity contribution is 5.90. The van der Waals surface area contributed by atoms with Gasteiger partial charge in [-0.15, -0.1) is 12.8 Å². The summed E-state index contributed by atoms with van der Waals surface area (Å²) in [5.74, 6) is -1.42. The number of hydrogen-bond donors (Lipinski definition) is 2. The van der Waals surface area contributed by atoms with Crippen LogP contribution in [-0.2, 0) is 11.2 Å². The number of benzene rings is 1. The Morgan fingerprint density at radius 3 is 2.37 bits per heavy atom. The van der Waals surface area contributed by atoms with Crippen LogP contribution in [0.25, 0.3) is 0 Å². The fourth-order valence-electron chi connectivity index (χ4n) is 3.06. The molecule has 1 heterocycles. The fraction of sp³-hybridized carbons (Fsp3) is 0.364. The average Bonchev–Trinajstić information content (AvgIpc) is 2.98. The third-order valence-electron chi connectivity index (χ3n) is 4.45. The second-order valence-corrected chi connectivity index (χ2v) is 6.17. The van der Waals surface area contributed by atoms with Crippen molar-refractivity contribution < 1.29 is 15.0 Å². The zero-order chi connectivity index (χ0) is 20.2. The van der Waals surface area contributed by atoms with Crippen molar-refractivity contribution in [2.75, 3.05) is 18.0 Å². The zero-order valence-electron chi connectivity index (χ0n) is 15.7. The van der Waals surface area contributed by atoms with Gasteiger partial charge in [0.25, 0.3) is 0 Å². The van der Waals surface area contributed by atoms with Crippen LogP contribution >= 0.6 is 0 Å². The number of carbonyl (C=O) groups is 1. The van der Waals surface area contributed by atoms with Crippen LogP contribution in [0, 0.1) is 24.2 Å². The molecule has 1 fully saturated rings. The summed E-state index contributed by atoms with van der Waals surface area (Å²) in [5, 5.41) is 28.3. The molecule has 5 heteroatoms. The van der Waals surface area contributed by atoms with E-state index in [1.54, 1.807) is 6.92 Å². The Bertz CT molecular complexity index is 761. The minimum Gasteiger partial charge on any atom is -0.507 e. The Kier molecular flexibility index (Phi) is 9.26. The van der Waals surface area contributed by atoms with Gasteiger partial charge in [-0.05, 0) is 50.0 Å². The molecule has 1 aliphatic rings. The Hall–Kier alpha value is -3.18. The maximum atomic E-state index is 11.2. The summed E-state index contributed by atoms with van der Waals surface area (Å²) in [5.41, 5.74) is 2.28. The first-order valence-electron chi connectivity index (χ1n) is 8.97. The monoisotopic (exact) mass is 366 g/mol. The lowest BCUT2D eigenvalue weighted by atomic mass is 10.0. The van der Waals surface area contributed by atoms with Crippen molar-refractivity contribution in [3.63, 3.8) is 0 Å². The number of anilines is 1. The van der Waals surface area contributed by atoms with Crippen molar-refractivity contribution in [1.82, 2.24) is 0 Å². The van der Waals surface area contributed by atoms with Crippen LogP contribution in [0.4, 0.5) is 5.69 Å². The third-order valence-corrected chi connectivity index (χ3v) is 4.45. The molecule has 1 aromatic rings. The van der Waals surface area contributed by atoms with E-state index in [9.17, 15) is 15.2 Å². The van der Waals surface area contributed by atoms with Gasteiger partial charge in [0.05, 0.1) is 16.8 Å². The summed E-state index contributed by atoms with van der Waals surface area (Å²) in [6.45, 7) is 3.51. The summed E-state index contributed by atoms with van der Waals surface area (Å²) >= 11 is 0. The molecule has 0 bridgehead atoms. The molecule has 0 aromatic heterocycles. The highest BCUT2D eigenvalue weighted by Gasteiger charge is 2.15. The highest BCUT2D eigenvalue weighted by atomic mass is 16.4. The number of terminal acetylenes is 1. The van der Waals surface area contributed by atoms with Crippen LogP contribution in [0.15, 0.2) is 41.7 Å². The number of carboxylic acid groups (broad SMARTS) is 1. The molecule has 0 aliphatic carbocycles. The van der Waals surface area contributed by atoms with Gasteiger partial charge in [0.1, 0.15) is 11.8 Å². The molecule has 0 unspecified atom stereocenters. The summed E-state index contributed by atoms with van der Waals surface area (Å²) < 4.78 is 0. The quantitative estimate of drug-likeness (QED) is 0.353. The van der Waals surface area contributed by atoms with E-state index in [0.29, 0.717) is 12.0 Å². The summed E-state index contributed by atoms with van der Waals surface area (Å²) in [6.07, 6.45) is 15.9. The predicted molar refractivity (Wildman–Crippen MR) is 108 cm³/mol. The minimum absolute atomic E-state index is 0.127. The number of aliphatic hydroxyl groups excluding tert-OH is 1. The van der Waals surface area contributed by atoms with E-state index in [-0.39, 0.29) is 11.3 Å². The molecular weight excluding hydrogens is 340 g/mol. The molecule has 0 amide bonds. The zero-order valence-corrected chi connectivity index (χ0v) is 15.7. The van der Waals surface area contributed by atoms with Gasteiger partial charge in [0, 0.05) is 13.1 Å². The lowest BCUT2D eigenvalue weighted by molar-refractivity contribution is -0.132. The van der Waals surface area contributed by atoms with Gasteiger partial charge < -0.3 is 15.1 Å². The minimum atomic E-state index is -1.17. The van der Waals surface area contributed by atoms with Crippen LogP contribution in [0.5, 0.6) is 0 Å². The Balaban J connectivity index is 0.00000176. The van der Waals surface area contributed by atoms with Crippen LogP contribution in [0.1, 0.15) is 43.7 Å². The number of aliphatic hydroxyl groups is 1. The first-order valence-corrected chi connectivity index (χ1v) is 8.97. The summed E-state index contributed by atoms with van der Waals surface area (Å²) in [6, 6.07) is 7.93. The van der Waals surface area contributed by atoms with E-state index in [0.717, 1.165) is 37.2 Å². The van der Waals surface area contributed by atoms with Gasteiger partial charge in [-0.25, -0.2) is 4.79 Å².